The highest BCUT2D eigenvalue weighted by atomic mass is 19.1. The zero-order valence-corrected chi connectivity index (χ0v) is 24.4. The van der Waals surface area contributed by atoms with Gasteiger partial charge in [0.15, 0.2) is 11.5 Å². The highest BCUT2D eigenvalue weighted by molar-refractivity contribution is 6.06. The summed E-state index contributed by atoms with van der Waals surface area (Å²) in [6.07, 6.45) is 2.80. The molecular formula is C32H30F2N6O4. The van der Waals surface area contributed by atoms with E-state index in [1.165, 1.54) is 22.8 Å². The Kier molecular flexibility index (Phi) is 7.14. The van der Waals surface area contributed by atoms with E-state index in [0.717, 1.165) is 12.1 Å². The number of phenols is 1. The first-order valence-corrected chi connectivity index (χ1v) is 14.2. The second-order valence-electron chi connectivity index (χ2n) is 11.3. The molecule has 0 bridgehead atoms. The number of phenolic OH excluding ortho intramolecular Hbond substituents is 1. The van der Waals surface area contributed by atoms with Crippen molar-refractivity contribution in [2.75, 3.05) is 29.9 Å². The van der Waals surface area contributed by atoms with Crippen molar-refractivity contribution < 1.29 is 23.5 Å². The molecule has 5 heterocycles. The SMILES string of the molecule is C=CC(=O)N1CCN2c3c(c(=O)n(-c4c(C)ccnc4C(C)C)c4nc(-c5c(O)cccc5F)c(F)cc34)NC(=O)CC2C1. The molecule has 1 unspecified atom stereocenters. The summed E-state index contributed by atoms with van der Waals surface area (Å²) in [6, 6.07) is 5.93. The molecule has 0 radical (unpaired) electrons. The van der Waals surface area contributed by atoms with Crippen molar-refractivity contribution in [3.8, 4) is 22.7 Å². The first-order chi connectivity index (χ1) is 21.0. The average molecular weight is 601 g/mol. The molecule has 226 valence electrons. The lowest BCUT2D eigenvalue weighted by molar-refractivity contribution is -0.127. The van der Waals surface area contributed by atoms with Gasteiger partial charge in [-0.25, -0.2) is 13.8 Å². The molecule has 44 heavy (non-hydrogen) atoms. The highest BCUT2D eigenvalue weighted by Crippen LogP contribution is 2.41. The van der Waals surface area contributed by atoms with E-state index in [0.29, 0.717) is 16.9 Å². The number of piperazine rings is 1. The van der Waals surface area contributed by atoms with Gasteiger partial charge in [-0.3, -0.25) is 23.9 Å². The number of carbonyl (C=O) groups is 2. The van der Waals surface area contributed by atoms with Gasteiger partial charge in [-0.05, 0) is 48.7 Å². The zero-order valence-electron chi connectivity index (χ0n) is 24.4. The molecule has 0 saturated carbocycles. The minimum atomic E-state index is -0.940. The summed E-state index contributed by atoms with van der Waals surface area (Å²) in [4.78, 5) is 52.7. The van der Waals surface area contributed by atoms with Crippen LogP contribution in [0.5, 0.6) is 5.75 Å². The molecule has 3 aromatic heterocycles. The van der Waals surface area contributed by atoms with Gasteiger partial charge < -0.3 is 20.2 Å². The van der Waals surface area contributed by atoms with Crippen molar-refractivity contribution in [2.45, 2.75) is 39.2 Å². The van der Waals surface area contributed by atoms with Crippen LogP contribution in [-0.2, 0) is 9.59 Å². The Morgan fingerprint density at radius 2 is 1.93 bits per heavy atom. The lowest BCUT2D eigenvalue weighted by Gasteiger charge is -2.42. The monoisotopic (exact) mass is 600 g/mol. The Bertz CT molecular complexity index is 1920. The van der Waals surface area contributed by atoms with Gasteiger partial charge in [0.25, 0.3) is 5.56 Å². The van der Waals surface area contributed by atoms with Crippen LogP contribution in [0.25, 0.3) is 28.0 Å². The van der Waals surface area contributed by atoms with E-state index in [9.17, 15) is 19.5 Å². The molecule has 1 fully saturated rings. The second-order valence-corrected chi connectivity index (χ2v) is 11.3. The number of halogens is 2. The Hall–Kier alpha value is -5.13. The number of aryl methyl sites for hydroxylation is 1. The van der Waals surface area contributed by atoms with Gasteiger partial charge in [0.2, 0.25) is 11.8 Å². The Morgan fingerprint density at radius 3 is 2.64 bits per heavy atom. The third kappa shape index (κ3) is 4.57. The van der Waals surface area contributed by atoms with Crippen molar-refractivity contribution >= 4 is 34.2 Å². The van der Waals surface area contributed by atoms with E-state index in [1.807, 2.05) is 18.7 Å². The molecular weight excluding hydrogens is 570 g/mol. The van der Waals surface area contributed by atoms with E-state index in [-0.39, 0.29) is 60.3 Å². The first kappa shape index (κ1) is 29.0. The summed E-state index contributed by atoms with van der Waals surface area (Å²) in [6.45, 7) is 9.87. The molecule has 1 aromatic carbocycles. The van der Waals surface area contributed by atoms with Gasteiger partial charge in [-0.15, -0.1) is 0 Å². The maximum absolute atomic E-state index is 16.1. The van der Waals surface area contributed by atoms with Crippen molar-refractivity contribution in [1.82, 2.24) is 19.4 Å². The molecule has 1 saturated heterocycles. The number of rotatable bonds is 4. The van der Waals surface area contributed by atoms with Crippen LogP contribution >= 0.6 is 0 Å². The van der Waals surface area contributed by atoms with Crippen LogP contribution in [0.2, 0.25) is 0 Å². The molecule has 10 nitrogen and oxygen atoms in total. The summed E-state index contributed by atoms with van der Waals surface area (Å²) in [7, 11) is 0. The van der Waals surface area contributed by atoms with Crippen molar-refractivity contribution in [1.29, 1.82) is 0 Å². The smallest absolute Gasteiger partial charge is 0.282 e. The van der Waals surface area contributed by atoms with E-state index >= 15 is 8.78 Å². The van der Waals surface area contributed by atoms with E-state index in [4.69, 9.17) is 0 Å². The molecule has 4 aromatic rings. The fraction of sp³-hybridized carbons (Fsp3) is 0.281. The number of benzene rings is 1. The molecule has 0 spiro atoms. The fourth-order valence-corrected chi connectivity index (χ4v) is 6.15. The fourth-order valence-electron chi connectivity index (χ4n) is 6.15. The van der Waals surface area contributed by atoms with Crippen LogP contribution in [0, 0.1) is 18.6 Å². The molecule has 6 rings (SSSR count). The number of carbonyl (C=O) groups excluding carboxylic acids is 2. The molecule has 0 aliphatic carbocycles. The number of pyridine rings is 3. The summed E-state index contributed by atoms with van der Waals surface area (Å²) < 4.78 is 32.4. The van der Waals surface area contributed by atoms with E-state index in [1.54, 1.807) is 24.1 Å². The number of anilines is 2. The largest absolute Gasteiger partial charge is 0.507 e. The lowest BCUT2D eigenvalue weighted by atomic mass is 10.0. The van der Waals surface area contributed by atoms with E-state index in [2.05, 4.69) is 21.9 Å². The summed E-state index contributed by atoms with van der Waals surface area (Å²) >= 11 is 0. The average Bonchev–Trinajstić information content (AvgIpc) is 3.13. The maximum atomic E-state index is 16.1. The number of nitrogens with one attached hydrogen (secondary N) is 1. The number of nitrogens with zero attached hydrogens (tertiary/aromatic N) is 5. The standard InChI is InChI=1S/C32H30F2N6O4/c1-5-24(43)38-11-12-39-18(15-38)13-23(42)36-28-30(39)19-14-21(34)27(25-20(33)7-6-8-22(25)41)37-31(19)40(32(28)44)29-17(4)9-10-35-26(29)16(2)3/h5-10,14,16,18,41H,1,11-13,15H2,2-4H3,(H,36,42). The van der Waals surface area contributed by atoms with Gasteiger partial charge in [-0.2, -0.15) is 0 Å². The summed E-state index contributed by atoms with van der Waals surface area (Å²) in [5.74, 6) is -3.22. The Morgan fingerprint density at radius 1 is 1.16 bits per heavy atom. The summed E-state index contributed by atoms with van der Waals surface area (Å²) in [5, 5.41) is 13.5. The molecule has 1 atom stereocenters. The normalized spacial score (nSPS) is 16.4. The predicted molar refractivity (Wildman–Crippen MR) is 162 cm³/mol. The van der Waals surface area contributed by atoms with Gasteiger partial charge in [0.05, 0.1) is 28.7 Å². The van der Waals surface area contributed by atoms with Crippen LogP contribution in [-0.4, -0.2) is 62.0 Å². The van der Waals surface area contributed by atoms with Crippen LogP contribution in [0.3, 0.4) is 0 Å². The predicted octanol–water partition coefficient (Wildman–Crippen LogP) is 4.41. The quantitative estimate of drug-likeness (QED) is 0.333. The van der Waals surface area contributed by atoms with Gasteiger partial charge >= 0.3 is 0 Å². The van der Waals surface area contributed by atoms with Gasteiger partial charge in [-0.1, -0.05) is 26.5 Å². The molecule has 2 aliphatic rings. The van der Waals surface area contributed by atoms with Crippen LogP contribution in [0.15, 0.2) is 54.0 Å². The molecule has 2 N–H and O–H groups in total. The van der Waals surface area contributed by atoms with E-state index < -0.39 is 46.1 Å². The lowest BCUT2D eigenvalue weighted by Crippen LogP contribution is -2.55. The van der Waals surface area contributed by atoms with Crippen molar-refractivity contribution in [2.24, 2.45) is 0 Å². The number of amides is 2. The third-order valence-corrected chi connectivity index (χ3v) is 8.17. The number of hydrogen-bond acceptors (Lipinski definition) is 7. The number of fused-ring (bicyclic) bond motifs is 5. The van der Waals surface area contributed by atoms with Crippen LogP contribution < -0.4 is 15.8 Å². The first-order valence-electron chi connectivity index (χ1n) is 14.2. The Balaban J connectivity index is 1.74. The minimum absolute atomic E-state index is 0.00898. The molecule has 2 amide bonds. The van der Waals surface area contributed by atoms with Crippen LogP contribution in [0.1, 0.15) is 37.4 Å². The second kappa shape index (κ2) is 10.9. The highest BCUT2D eigenvalue weighted by Gasteiger charge is 2.38. The Labute approximate surface area is 251 Å². The van der Waals surface area contributed by atoms with Crippen molar-refractivity contribution in [3.63, 3.8) is 0 Å². The minimum Gasteiger partial charge on any atom is -0.507 e. The number of hydrogen-bond donors (Lipinski definition) is 2. The third-order valence-electron chi connectivity index (χ3n) is 8.17. The van der Waals surface area contributed by atoms with Gasteiger partial charge in [0, 0.05) is 37.6 Å². The number of aromatic hydroxyl groups is 1. The van der Waals surface area contributed by atoms with Gasteiger partial charge in [0.1, 0.15) is 22.9 Å². The topological polar surface area (TPSA) is 121 Å². The summed E-state index contributed by atoms with van der Waals surface area (Å²) in [5.41, 5.74) is 0.254. The number of aromatic nitrogens is 3. The zero-order chi connectivity index (χ0) is 31.4. The maximum Gasteiger partial charge on any atom is 0.282 e. The van der Waals surface area contributed by atoms with Crippen molar-refractivity contribution in [3.05, 3.63) is 82.4 Å². The van der Waals surface area contributed by atoms with Crippen LogP contribution in [0.4, 0.5) is 20.2 Å². The molecule has 2 aliphatic heterocycles. The molecule has 12 heteroatoms.